The number of nitrogens with one attached hydrogen (secondary N) is 1. The fraction of sp³-hybridized carbons (Fsp3) is 0.500. The van der Waals surface area contributed by atoms with E-state index in [0.717, 1.165) is 12.5 Å². The highest BCUT2D eigenvalue weighted by Crippen LogP contribution is 2.20. The molecule has 1 aliphatic rings. The summed E-state index contributed by atoms with van der Waals surface area (Å²) in [6.45, 7) is 0.0217. The van der Waals surface area contributed by atoms with E-state index >= 15 is 0 Å². The van der Waals surface area contributed by atoms with Gasteiger partial charge in [-0.2, -0.15) is 0 Å². The van der Waals surface area contributed by atoms with Crippen molar-refractivity contribution >= 4 is 37.4 Å². The summed E-state index contributed by atoms with van der Waals surface area (Å²) in [5.74, 6) is -1.53. The molecule has 0 saturated carbocycles. The van der Waals surface area contributed by atoms with Crippen molar-refractivity contribution in [3.05, 3.63) is 24.3 Å². The van der Waals surface area contributed by atoms with Gasteiger partial charge in [-0.3, -0.25) is 9.59 Å². The van der Waals surface area contributed by atoms with Gasteiger partial charge in [-0.15, -0.1) is 0 Å². The van der Waals surface area contributed by atoms with Crippen LogP contribution in [0.3, 0.4) is 0 Å². The molecule has 1 saturated heterocycles. The van der Waals surface area contributed by atoms with Gasteiger partial charge in [0.05, 0.1) is 17.1 Å². The van der Waals surface area contributed by atoms with Crippen molar-refractivity contribution < 1.29 is 31.2 Å². The third kappa shape index (κ3) is 6.29. The number of hydrogen-bond donors (Lipinski definition) is 1. The monoisotopic (exact) mass is 418 g/mol. The first-order chi connectivity index (χ1) is 12.5. The fourth-order valence-corrected chi connectivity index (χ4v) is 4.16. The Kier molecular flexibility index (Phi) is 6.60. The summed E-state index contributed by atoms with van der Waals surface area (Å²) in [4.78, 5) is 24.0. The van der Waals surface area contributed by atoms with Gasteiger partial charge in [0.1, 0.15) is 0 Å². The first-order valence-corrected chi connectivity index (χ1v) is 11.9. The average molecular weight is 418 g/mol. The number of esters is 1. The summed E-state index contributed by atoms with van der Waals surface area (Å²) < 4.78 is 52.0. The first-order valence-electron chi connectivity index (χ1n) is 8.18. The van der Waals surface area contributed by atoms with E-state index in [2.05, 4.69) is 5.32 Å². The zero-order valence-electron chi connectivity index (χ0n) is 15.0. The van der Waals surface area contributed by atoms with Crippen molar-refractivity contribution in [2.75, 3.05) is 37.5 Å². The standard InChI is InChI=1S/C16H22N2O7S2/c1-26(21,22)14-5-3-13(4-6-14)17-15(19)11-25-16(20)12-7-9-18(10-8-12)27(2,23)24/h3-6,12H,7-11H2,1-2H3,(H,17,19). The molecule has 1 aliphatic heterocycles. The van der Waals surface area contributed by atoms with Crippen LogP contribution < -0.4 is 5.32 Å². The van der Waals surface area contributed by atoms with Gasteiger partial charge in [0.15, 0.2) is 16.4 Å². The molecule has 0 atom stereocenters. The first kappa shape index (κ1) is 21.3. The van der Waals surface area contributed by atoms with Crippen molar-refractivity contribution in [2.45, 2.75) is 17.7 Å². The number of hydrogen-bond acceptors (Lipinski definition) is 7. The van der Waals surface area contributed by atoms with Crippen molar-refractivity contribution in [1.82, 2.24) is 4.31 Å². The van der Waals surface area contributed by atoms with Gasteiger partial charge in [-0.25, -0.2) is 21.1 Å². The zero-order valence-corrected chi connectivity index (χ0v) is 16.7. The summed E-state index contributed by atoms with van der Waals surface area (Å²) in [5, 5.41) is 2.51. The number of carbonyl (C=O) groups is 2. The molecule has 0 unspecified atom stereocenters. The SMILES string of the molecule is CS(=O)(=O)c1ccc(NC(=O)COC(=O)C2CCN(S(C)(=O)=O)CC2)cc1. The quantitative estimate of drug-likeness (QED) is 0.656. The molecule has 1 amide bonds. The topological polar surface area (TPSA) is 127 Å². The van der Waals surface area contributed by atoms with Gasteiger partial charge in [0.25, 0.3) is 5.91 Å². The molecular formula is C16H22N2O7S2. The van der Waals surface area contributed by atoms with Crippen molar-refractivity contribution in [2.24, 2.45) is 5.92 Å². The van der Waals surface area contributed by atoms with Crippen LogP contribution in [0.25, 0.3) is 0 Å². The maximum Gasteiger partial charge on any atom is 0.309 e. The minimum Gasteiger partial charge on any atom is -0.455 e. The molecule has 27 heavy (non-hydrogen) atoms. The molecule has 0 radical (unpaired) electrons. The molecule has 0 aromatic heterocycles. The Morgan fingerprint density at radius 3 is 2.11 bits per heavy atom. The molecule has 0 aliphatic carbocycles. The van der Waals surface area contributed by atoms with Gasteiger partial charge in [-0.1, -0.05) is 0 Å². The molecule has 1 N–H and O–H groups in total. The third-order valence-corrected chi connectivity index (χ3v) is 6.60. The van der Waals surface area contributed by atoms with Crippen LogP contribution in [0, 0.1) is 5.92 Å². The van der Waals surface area contributed by atoms with E-state index in [0.29, 0.717) is 18.5 Å². The van der Waals surface area contributed by atoms with Crippen LogP contribution >= 0.6 is 0 Å². The van der Waals surface area contributed by atoms with Gasteiger partial charge in [0.2, 0.25) is 10.0 Å². The predicted molar refractivity (Wildman–Crippen MR) is 98.3 cm³/mol. The Balaban J connectivity index is 1.79. The largest absolute Gasteiger partial charge is 0.455 e. The highest BCUT2D eigenvalue weighted by molar-refractivity contribution is 7.90. The van der Waals surface area contributed by atoms with E-state index in [1.54, 1.807) is 0 Å². The van der Waals surface area contributed by atoms with E-state index in [4.69, 9.17) is 4.74 Å². The van der Waals surface area contributed by atoms with Crippen LogP contribution in [0.15, 0.2) is 29.2 Å². The van der Waals surface area contributed by atoms with E-state index in [-0.39, 0.29) is 18.0 Å². The lowest BCUT2D eigenvalue weighted by Crippen LogP contribution is -2.40. The van der Waals surface area contributed by atoms with E-state index in [1.165, 1.54) is 28.6 Å². The molecule has 0 spiro atoms. The van der Waals surface area contributed by atoms with Crippen LogP contribution in [0.2, 0.25) is 0 Å². The lowest BCUT2D eigenvalue weighted by molar-refractivity contribution is -0.152. The molecule has 150 valence electrons. The van der Waals surface area contributed by atoms with Gasteiger partial charge < -0.3 is 10.1 Å². The summed E-state index contributed by atoms with van der Waals surface area (Å²) in [6, 6.07) is 5.62. The van der Waals surface area contributed by atoms with E-state index < -0.39 is 44.3 Å². The molecule has 2 rings (SSSR count). The number of benzene rings is 1. The highest BCUT2D eigenvalue weighted by atomic mass is 32.2. The molecule has 0 bridgehead atoms. The number of sulfone groups is 1. The van der Waals surface area contributed by atoms with Crippen LogP contribution in [0.5, 0.6) is 0 Å². The lowest BCUT2D eigenvalue weighted by atomic mass is 9.98. The Bertz CT molecular complexity index is 901. The molecule has 1 aromatic rings. The third-order valence-electron chi connectivity index (χ3n) is 4.17. The summed E-state index contributed by atoms with van der Waals surface area (Å²) in [5.41, 5.74) is 0.380. The van der Waals surface area contributed by atoms with Crippen molar-refractivity contribution in [3.8, 4) is 0 Å². The summed E-state index contributed by atoms with van der Waals surface area (Å²) in [7, 11) is -6.59. The van der Waals surface area contributed by atoms with E-state index in [1.807, 2.05) is 0 Å². The van der Waals surface area contributed by atoms with Crippen LogP contribution in [0.1, 0.15) is 12.8 Å². The normalized spacial score (nSPS) is 16.7. The van der Waals surface area contributed by atoms with Gasteiger partial charge in [0, 0.05) is 25.0 Å². The van der Waals surface area contributed by atoms with Crippen molar-refractivity contribution in [3.63, 3.8) is 0 Å². The highest BCUT2D eigenvalue weighted by Gasteiger charge is 2.30. The summed E-state index contributed by atoms with van der Waals surface area (Å²) >= 11 is 0. The number of rotatable bonds is 6. The molecule has 1 fully saturated rings. The van der Waals surface area contributed by atoms with Crippen LogP contribution in [0.4, 0.5) is 5.69 Å². The molecule has 9 nitrogen and oxygen atoms in total. The number of sulfonamides is 1. The molecule has 1 aromatic carbocycles. The Morgan fingerprint density at radius 2 is 1.63 bits per heavy atom. The maximum absolute atomic E-state index is 12.0. The smallest absolute Gasteiger partial charge is 0.309 e. The predicted octanol–water partition coefficient (Wildman–Crippen LogP) is 0.243. The minimum absolute atomic E-state index is 0.132. The second-order valence-corrected chi connectivity index (χ2v) is 10.4. The lowest BCUT2D eigenvalue weighted by Gasteiger charge is -2.28. The number of anilines is 1. The van der Waals surface area contributed by atoms with Crippen LogP contribution in [-0.2, 0) is 34.2 Å². The number of nitrogens with zero attached hydrogens (tertiary/aromatic N) is 1. The second kappa shape index (κ2) is 8.36. The van der Waals surface area contributed by atoms with Gasteiger partial charge >= 0.3 is 5.97 Å². The minimum atomic E-state index is -3.32. The van der Waals surface area contributed by atoms with Crippen molar-refractivity contribution in [1.29, 1.82) is 0 Å². The average Bonchev–Trinajstić information content (AvgIpc) is 2.58. The Labute approximate surface area is 158 Å². The number of piperidine rings is 1. The van der Waals surface area contributed by atoms with E-state index in [9.17, 15) is 26.4 Å². The second-order valence-electron chi connectivity index (χ2n) is 6.39. The summed E-state index contributed by atoms with van der Waals surface area (Å²) in [6.07, 6.45) is 2.90. The Morgan fingerprint density at radius 1 is 1.07 bits per heavy atom. The maximum atomic E-state index is 12.0. The molecule has 1 heterocycles. The molecular weight excluding hydrogens is 396 g/mol. The molecule has 11 heteroatoms. The fourth-order valence-electron chi connectivity index (χ4n) is 2.66. The number of amides is 1. The Hall–Kier alpha value is -1.98. The van der Waals surface area contributed by atoms with Gasteiger partial charge in [-0.05, 0) is 37.1 Å². The number of carbonyl (C=O) groups excluding carboxylic acids is 2. The van der Waals surface area contributed by atoms with Crippen LogP contribution in [-0.4, -0.2) is 65.2 Å². The zero-order chi connectivity index (χ0) is 20.2. The number of ether oxygens (including phenoxy) is 1.